The molecule has 0 unspecified atom stereocenters. The first kappa shape index (κ1) is 17.1. The van der Waals surface area contributed by atoms with Gasteiger partial charge in [0.2, 0.25) is 10.0 Å². The number of aryl methyl sites for hydroxylation is 1. The molecule has 0 aromatic carbocycles. The molecular weight excluding hydrogens is 282 g/mol. The van der Waals surface area contributed by atoms with Crippen LogP contribution in [0.4, 0.5) is 0 Å². The smallest absolute Gasteiger partial charge is 0.244 e. The molecule has 1 aromatic heterocycles. The number of hydrogen-bond acceptors (Lipinski definition) is 5. The van der Waals surface area contributed by atoms with Crippen molar-refractivity contribution in [3.8, 4) is 0 Å². The van der Waals surface area contributed by atoms with Crippen LogP contribution in [0.2, 0.25) is 0 Å². The van der Waals surface area contributed by atoms with Crippen molar-refractivity contribution in [3.05, 3.63) is 11.9 Å². The van der Waals surface area contributed by atoms with E-state index in [1.54, 1.807) is 7.05 Å². The number of sulfonamides is 1. The molecule has 1 heterocycles. The van der Waals surface area contributed by atoms with Gasteiger partial charge in [0.25, 0.3) is 0 Å². The van der Waals surface area contributed by atoms with Gasteiger partial charge in [0.15, 0.2) is 0 Å². The predicted molar refractivity (Wildman–Crippen MR) is 75.0 cm³/mol. The third-order valence-corrected chi connectivity index (χ3v) is 4.03. The maximum absolute atomic E-state index is 12.3. The van der Waals surface area contributed by atoms with Gasteiger partial charge in [-0.2, -0.15) is 5.10 Å². The Kier molecular flexibility index (Phi) is 5.69. The number of aliphatic hydroxyl groups is 1. The second-order valence-electron chi connectivity index (χ2n) is 5.50. The topological polar surface area (TPSA) is 93.5 Å². The van der Waals surface area contributed by atoms with Gasteiger partial charge < -0.3 is 9.84 Å². The fraction of sp³-hybridized carbons (Fsp3) is 0.750. The Balaban J connectivity index is 2.83. The van der Waals surface area contributed by atoms with Crippen LogP contribution >= 0.6 is 0 Å². The van der Waals surface area contributed by atoms with Crippen molar-refractivity contribution in [1.29, 1.82) is 0 Å². The lowest BCUT2D eigenvalue weighted by Crippen LogP contribution is -2.29. The molecule has 0 amide bonds. The Hall–Kier alpha value is -0.960. The van der Waals surface area contributed by atoms with Crippen molar-refractivity contribution in [2.45, 2.75) is 31.1 Å². The molecule has 116 valence electrons. The summed E-state index contributed by atoms with van der Waals surface area (Å²) in [4.78, 5) is 0.189. The Morgan fingerprint density at radius 2 is 2.05 bits per heavy atom. The van der Waals surface area contributed by atoms with Crippen LogP contribution in [0, 0.1) is 0 Å². The van der Waals surface area contributed by atoms with Crippen LogP contribution in [0.15, 0.2) is 11.1 Å². The maximum Gasteiger partial charge on any atom is 0.244 e. The summed E-state index contributed by atoms with van der Waals surface area (Å²) in [6, 6.07) is 0. The molecule has 2 N–H and O–H groups in total. The highest BCUT2D eigenvalue weighted by atomic mass is 32.2. The van der Waals surface area contributed by atoms with Gasteiger partial charge in [-0.05, 0) is 0 Å². The summed E-state index contributed by atoms with van der Waals surface area (Å²) in [7, 11) is -1.92. The maximum atomic E-state index is 12.3. The van der Waals surface area contributed by atoms with E-state index >= 15 is 0 Å². The highest BCUT2D eigenvalue weighted by molar-refractivity contribution is 7.89. The van der Waals surface area contributed by atoms with Gasteiger partial charge in [-0.15, -0.1) is 0 Å². The molecular formula is C12H23N3O4S. The number of rotatable bonds is 7. The van der Waals surface area contributed by atoms with E-state index in [1.807, 2.05) is 20.8 Å². The average molecular weight is 305 g/mol. The van der Waals surface area contributed by atoms with Crippen LogP contribution in [0.25, 0.3) is 0 Å². The van der Waals surface area contributed by atoms with Crippen LogP contribution in [0.1, 0.15) is 26.5 Å². The molecule has 0 bridgehead atoms. The minimum atomic E-state index is -3.62. The van der Waals surface area contributed by atoms with Crippen molar-refractivity contribution in [2.75, 3.05) is 26.4 Å². The molecule has 0 aliphatic rings. The van der Waals surface area contributed by atoms with Crippen LogP contribution in [0.5, 0.6) is 0 Å². The first-order chi connectivity index (χ1) is 9.18. The fourth-order valence-electron chi connectivity index (χ4n) is 1.68. The van der Waals surface area contributed by atoms with Gasteiger partial charge in [-0.1, -0.05) is 20.8 Å². The van der Waals surface area contributed by atoms with Gasteiger partial charge in [0.05, 0.1) is 25.5 Å². The SMILES string of the molecule is Cn1cc(S(=O)(=O)NCCOCCO)c(C(C)(C)C)n1. The summed E-state index contributed by atoms with van der Waals surface area (Å²) >= 11 is 0. The van der Waals surface area contributed by atoms with E-state index in [-0.39, 0.29) is 36.7 Å². The van der Waals surface area contributed by atoms with Gasteiger partial charge >= 0.3 is 0 Å². The molecule has 1 aromatic rings. The molecule has 0 aliphatic heterocycles. The number of aliphatic hydroxyl groups excluding tert-OH is 1. The second kappa shape index (κ2) is 6.66. The lowest BCUT2D eigenvalue weighted by atomic mass is 9.92. The Morgan fingerprint density at radius 3 is 2.60 bits per heavy atom. The Bertz CT molecular complexity index is 531. The van der Waals surface area contributed by atoms with Gasteiger partial charge in [-0.25, -0.2) is 13.1 Å². The summed E-state index contributed by atoms with van der Waals surface area (Å²) in [5.41, 5.74) is 0.169. The molecule has 0 fully saturated rings. The van der Waals surface area contributed by atoms with Gasteiger partial charge in [0, 0.05) is 25.2 Å². The van der Waals surface area contributed by atoms with E-state index in [0.717, 1.165) is 0 Å². The molecule has 1 rings (SSSR count). The lowest BCUT2D eigenvalue weighted by Gasteiger charge is -2.17. The van der Waals surface area contributed by atoms with Crippen molar-refractivity contribution in [2.24, 2.45) is 7.05 Å². The van der Waals surface area contributed by atoms with Crippen LogP contribution in [0.3, 0.4) is 0 Å². The minimum Gasteiger partial charge on any atom is -0.394 e. The number of ether oxygens (including phenoxy) is 1. The fourth-order valence-corrected chi connectivity index (χ4v) is 3.08. The summed E-state index contributed by atoms with van der Waals surface area (Å²) in [6.45, 7) is 6.23. The highest BCUT2D eigenvalue weighted by Crippen LogP contribution is 2.27. The summed E-state index contributed by atoms with van der Waals surface area (Å²) in [6.07, 6.45) is 1.50. The lowest BCUT2D eigenvalue weighted by molar-refractivity contribution is 0.0961. The molecule has 8 heteroatoms. The van der Waals surface area contributed by atoms with Gasteiger partial charge in [0.1, 0.15) is 4.90 Å². The summed E-state index contributed by atoms with van der Waals surface area (Å²) in [5.74, 6) is 0. The highest BCUT2D eigenvalue weighted by Gasteiger charge is 2.29. The van der Waals surface area contributed by atoms with E-state index < -0.39 is 10.0 Å². The third kappa shape index (κ3) is 4.55. The minimum absolute atomic E-state index is 0.0798. The monoisotopic (exact) mass is 305 g/mol. The van der Waals surface area contributed by atoms with Crippen LogP contribution in [-0.2, 0) is 27.2 Å². The van der Waals surface area contributed by atoms with Crippen molar-refractivity contribution < 1.29 is 18.3 Å². The second-order valence-corrected chi connectivity index (χ2v) is 7.23. The number of nitrogens with zero attached hydrogens (tertiary/aromatic N) is 2. The standard InChI is InChI=1S/C12H23N3O4S/c1-12(2,3)11-10(9-15(4)14-11)20(17,18)13-5-7-19-8-6-16/h9,13,16H,5-8H2,1-4H3. The first-order valence-corrected chi connectivity index (χ1v) is 7.89. The molecule has 0 aliphatic carbocycles. The number of nitrogens with one attached hydrogen (secondary N) is 1. The summed E-state index contributed by atoms with van der Waals surface area (Å²) < 4.78 is 33.5. The number of hydrogen-bond donors (Lipinski definition) is 2. The Labute approximate surface area is 120 Å². The molecule has 0 spiro atoms. The zero-order valence-electron chi connectivity index (χ0n) is 12.4. The molecule has 7 nitrogen and oxygen atoms in total. The van der Waals surface area contributed by atoms with Gasteiger partial charge in [-0.3, -0.25) is 4.68 Å². The van der Waals surface area contributed by atoms with E-state index in [9.17, 15) is 8.42 Å². The third-order valence-electron chi connectivity index (χ3n) is 2.57. The van der Waals surface area contributed by atoms with E-state index in [0.29, 0.717) is 5.69 Å². The van der Waals surface area contributed by atoms with Crippen molar-refractivity contribution >= 4 is 10.0 Å². The van der Waals surface area contributed by atoms with Crippen LogP contribution in [-0.4, -0.2) is 49.7 Å². The molecule has 0 saturated heterocycles. The predicted octanol–water partition coefficient (Wildman–Crippen LogP) is 0.00480. The largest absolute Gasteiger partial charge is 0.394 e. The van der Waals surface area contributed by atoms with Crippen molar-refractivity contribution in [1.82, 2.24) is 14.5 Å². The quantitative estimate of drug-likeness (QED) is 0.692. The zero-order valence-corrected chi connectivity index (χ0v) is 13.2. The molecule has 0 saturated carbocycles. The zero-order chi connectivity index (χ0) is 15.4. The van der Waals surface area contributed by atoms with Crippen LogP contribution < -0.4 is 4.72 Å². The van der Waals surface area contributed by atoms with E-state index in [4.69, 9.17) is 9.84 Å². The molecule has 0 atom stereocenters. The number of aromatic nitrogens is 2. The molecule has 20 heavy (non-hydrogen) atoms. The average Bonchev–Trinajstić information content (AvgIpc) is 2.72. The Morgan fingerprint density at radius 1 is 1.40 bits per heavy atom. The summed E-state index contributed by atoms with van der Waals surface area (Å²) in [5, 5.41) is 12.8. The first-order valence-electron chi connectivity index (χ1n) is 6.41. The van der Waals surface area contributed by atoms with E-state index in [1.165, 1.54) is 10.9 Å². The normalized spacial score (nSPS) is 12.8. The van der Waals surface area contributed by atoms with Crippen molar-refractivity contribution in [3.63, 3.8) is 0 Å². The van der Waals surface area contributed by atoms with E-state index in [2.05, 4.69) is 9.82 Å². The molecule has 0 radical (unpaired) electrons.